The van der Waals surface area contributed by atoms with Gasteiger partial charge in [0.25, 0.3) is 0 Å². The first-order chi connectivity index (χ1) is 11.1. The molecule has 1 atom stereocenters. The van der Waals surface area contributed by atoms with E-state index < -0.39 is 17.8 Å². The van der Waals surface area contributed by atoms with Gasteiger partial charge < -0.3 is 10.1 Å². The fraction of sp³-hybridized carbons (Fsp3) is 0.118. The monoisotopic (exact) mass is 328 g/mol. The van der Waals surface area contributed by atoms with E-state index >= 15 is 0 Å². The summed E-state index contributed by atoms with van der Waals surface area (Å²) >= 11 is 5.83. The zero-order chi connectivity index (χ0) is 16.2. The molecule has 0 radical (unpaired) electrons. The summed E-state index contributed by atoms with van der Waals surface area (Å²) in [7, 11) is 0. The largest absolute Gasteiger partial charge is 0.459 e. The lowest BCUT2D eigenvalue weighted by Gasteiger charge is -2.09. The molecule has 1 heterocycles. The maximum absolute atomic E-state index is 12.4. The number of carbonyl (C=O) groups is 2. The maximum atomic E-state index is 12.4. The molecule has 2 aromatic rings. The van der Waals surface area contributed by atoms with Gasteiger partial charge in [-0.15, -0.1) is 0 Å². The van der Waals surface area contributed by atoms with Gasteiger partial charge in [0.05, 0.1) is 11.4 Å². The summed E-state index contributed by atoms with van der Waals surface area (Å²) in [5.74, 6) is -2.08. The predicted molar refractivity (Wildman–Crippen MR) is 88.1 cm³/mol. The number of esters is 1. The molecule has 0 aromatic heterocycles. The first kappa shape index (κ1) is 15.2. The third kappa shape index (κ3) is 3.57. The number of benzene rings is 2. The van der Waals surface area contributed by atoms with Gasteiger partial charge in [-0.05, 0) is 36.4 Å². The van der Waals surface area contributed by atoms with E-state index in [1.54, 1.807) is 48.5 Å². The molecule has 5 nitrogen and oxygen atoms in total. The highest BCUT2D eigenvalue weighted by Gasteiger charge is 2.39. The molecule has 116 valence electrons. The average molecular weight is 329 g/mol. The SMILES string of the molecule is O=C(Nc1ccccc1)C1C(=O)OCC1=Nc1ccc(Cl)cc1. The van der Waals surface area contributed by atoms with Crippen LogP contribution in [0.1, 0.15) is 0 Å². The first-order valence-corrected chi connectivity index (χ1v) is 7.37. The molecule has 1 N–H and O–H groups in total. The van der Waals surface area contributed by atoms with E-state index in [9.17, 15) is 9.59 Å². The summed E-state index contributed by atoms with van der Waals surface area (Å²) in [5.41, 5.74) is 1.61. The number of nitrogens with zero attached hydrogens (tertiary/aromatic N) is 1. The minimum atomic E-state index is -1.04. The number of rotatable bonds is 3. The van der Waals surface area contributed by atoms with Crippen molar-refractivity contribution in [2.75, 3.05) is 11.9 Å². The van der Waals surface area contributed by atoms with Gasteiger partial charge in [0.1, 0.15) is 6.61 Å². The fourth-order valence-electron chi connectivity index (χ4n) is 2.22. The number of nitrogens with one attached hydrogen (secondary N) is 1. The number of carbonyl (C=O) groups excluding carboxylic acids is 2. The van der Waals surface area contributed by atoms with E-state index in [1.807, 2.05) is 6.07 Å². The minimum Gasteiger partial charge on any atom is -0.459 e. The Kier molecular flexibility index (Phi) is 4.39. The van der Waals surface area contributed by atoms with Gasteiger partial charge in [0.2, 0.25) is 5.91 Å². The van der Waals surface area contributed by atoms with Gasteiger partial charge in [0, 0.05) is 10.7 Å². The van der Waals surface area contributed by atoms with Crippen LogP contribution in [-0.4, -0.2) is 24.2 Å². The molecule has 1 fully saturated rings. The molecule has 1 aliphatic heterocycles. The number of cyclic esters (lactones) is 1. The van der Waals surface area contributed by atoms with Crippen LogP contribution < -0.4 is 5.32 Å². The first-order valence-electron chi connectivity index (χ1n) is 6.99. The number of ether oxygens (including phenoxy) is 1. The van der Waals surface area contributed by atoms with E-state index in [-0.39, 0.29) is 6.61 Å². The van der Waals surface area contributed by atoms with Crippen LogP contribution in [0.4, 0.5) is 11.4 Å². The van der Waals surface area contributed by atoms with Crippen LogP contribution in [0.25, 0.3) is 0 Å². The number of halogens is 1. The van der Waals surface area contributed by atoms with Gasteiger partial charge in [-0.1, -0.05) is 29.8 Å². The lowest BCUT2D eigenvalue weighted by atomic mass is 10.1. The van der Waals surface area contributed by atoms with E-state index in [2.05, 4.69) is 10.3 Å². The molecule has 1 aliphatic rings. The summed E-state index contributed by atoms with van der Waals surface area (Å²) < 4.78 is 4.98. The molecule has 2 aromatic carbocycles. The van der Waals surface area contributed by atoms with Gasteiger partial charge in [0.15, 0.2) is 5.92 Å². The Balaban J connectivity index is 1.82. The van der Waals surface area contributed by atoms with E-state index in [4.69, 9.17) is 16.3 Å². The van der Waals surface area contributed by atoms with E-state index in [0.717, 1.165) is 0 Å². The molecule has 1 unspecified atom stereocenters. The van der Waals surface area contributed by atoms with Gasteiger partial charge in [-0.3, -0.25) is 14.6 Å². The summed E-state index contributed by atoms with van der Waals surface area (Å²) in [6.45, 7) is 0.00827. The summed E-state index contributed by atoms with van der Waals surface area (Å²) in [5, 5.41) is 3.29. The van der Waals surface area contributed by atoms with Gasteiger partial charge in [-0.25, -0.2) is 0 Å². The van der Waals surface area contributed by atoms with Crippen molar-refractivity contribution in [2.45, 2.75) is 0 Å². The highest BCUT2D eigenvalue weighted by molar-refractivity contribution is 6.30. The third-order valence-electron chi connectivity index (χ3n) is 3.33. The molecule has 1 saturated heterocycles. The quantitative estimate of drug-likeness (QED) is 0.695. The van der Waals surface area contributed by atoms with Crippen LogP contribution in [-0.2, 0) is 14.3 Å². The Morgan fingerprint density at radius 3 is 2.52 bits per heavy atom. The van der Waals surface area contributed by atoms with Crippen LogP contribution in [0, 0.1) is 5.92 Å². The van der Waals surface area contributed by atoms with Crippen molar-refractivity contribution in [1.82, 2.24) is 0 Å². The number of para-hydroxylation sites is 1. The van der Waals surface area contributed by atoms with Crippen LogP contribution in [0.15, 0.2) is 59.6 Å². The zero-order valence-electron chi connectivity index (χ0n) is 12.0. The molecule has 0 aliphatic carbocycles. The zero-order valence-corrected chi connectivity index (χ0v) is 12.8. The lowest BCUT2D eigenvalue weighted by molar-refractivity contribution is -0.143. The predicted octanol–water partition coefficient (Wildman–Crippen LogP) is 3.22. The number of amides is 1. The smallest absolute Gasteiger partial charge is 0.324 e. The van der Waals surface area contributed by atoms with Crippen LogP contribution in [0.3, 0.4) is 0 Å². The molecule has 0 spiro atoms. The molecular formula is C17H13ClN2O3. The Morgan fingerprint density at radius 1 is 1.13 bits per heavy atom. The molecule has 23 heavy (non-hydrogen) atoms. The Hall–Kier alpha value is -2.66. The molecule has 3 rings (SSSR count). The van der Waals surface area contributed by atoms with Crippen molar-refractivity contribution < 1.29 is 14.3 Å². The lowest BCUT2D eigenvalue weighted by Crippen LogP contribution is -2.31. The number of anilines is 1. The molecule has 0 bridgehead atoms. The van der Waals surface area contributed by atoms with E-state index in [0.29, 0.717) is 22.1 Å². The average Bonchev–Trinajstić information content (AvgIpc) is 2.91. The number of aliphatic imine (C=N–C) groups is 1. The molecule has 1 amide bonds. The van der Waals surface area contributed by atoms with Crippen molar-refractivity contribution in [1.29, 1.82) is 0 Å². The van der Waals surface area contributed by atoms with Gasteiger partial charge in [-0.2, -0.15) is 0 Å². The van der Waals surface area contributed by atoms with Crippen molar-refractivity contribution in [3.8, 4) is 0 Å². The Morgan fingerprint density at radius 2 is 1.83 bits per heavy atom. The minimum absolute atomic E-state index is 0.00827. The maximum Gasteiger partial charge on any atom is 0.324 e. The fourth-order valence-corrected chi connectivity index (χ4v) is 2.35. The highest BCUT2D eigenvalue weighted by atomic mass is 35.5. The summed E-state index contributed by atoms with van der Waals surface area (Å²) in [6, 6.07) is 15.7. The number of hydrogen-bond donors (Lipinski definition) is 1. The second-order valence-electron chi connectivity index (χ2n) is 4.98. The standard InChI is InChI=1S/C17H13ClN2O3/c18-11-6-8-13(9-7-11)19-14-10-23-17(22)15(14)16(21)20-12-4-2-1-3-5-12/h1-9,15H,10H2,(H,20,21). The second kappa shape index (κ2) is 6.62. The van der Waals surface area contributed by atoms with Crippen LogP contribution in [0.5, 0.6) is 0 Å². The third-order valence-corrected chi connectivity index (χ3v) is 3.59. The molecule has 6 heteroatoms. The van der Waals surface area contributed by atoms with Crippen molar-refractivity contribution in [3.05, 3.63) is 59.6 Å². The normalized spacial score (nSPS) is 18.7. The Labute approximate surface area is 137 Å². The van der Waals surface area contributed by atoms with Crippen molar-refractivity contribution in [3.63, 3.8) is 0 Å². The molecule has 0 saturated carbocycles. The van der Waals surface area contributed by atoms with Crippen LogP contribution in [0.2, 0.25) is 5.02 Å². The Bertz CT molecular complexity index is 757. The van der Waals surface area contributed by atoms with Gasteiger partial charge >= 0.3 is 5.97 Å². The summed E-state index contributed by atoms with van der Waals surface area (Å²) in [4.78, 5) is 28.6. The summed E-state index contributed by atoms with van der Waals surface area (Å²) in [6.07, 6.45) is 0. The topological polar surface area (TPSA) is 67.8 Å². The highest BCUT2D eigenvalue weighted by Crippen LogP contribution is 2.22. The van der Waals surface area contributed by atoms with Crippen molar-refractivity contribution >= 4 is 40.6 Å². The second-order valence-corrected chi connectivity index (χ2v) is 5.41. The van der Waals surface area contributed by atoms with Crippen molar-refractivity contribution in [2.24, 2.45) is 10.9 Å². The number of hydrogen-bond acceptors (Lipinski definition) is 4. The molecular weight excluding hydrogens is 316 g/mol. The van der Waals surface area contributed by atoms with E-state index in [1.165, 1.54) is 0 Å². The van der Waals surface area contributed by atoms with Crippen LogP contribution >= 0.6 is 11.6 Å².